The second-order valence-electron chi connectivity index (χ2n) is 5.31. The summed E-state index contributed by atoms with van der Waals surface area (Å²) >= 11 is 1.91. The fourth-order valence-corrected chi connectivity index (χ4v) is 3.65. The van der Waals surface area contributed by atoms with Crippen molar-refractivity contribution in [3.05, 3.63) is 0 Å². The summed E-state index contributed by atoms with van der Waals surface area (Å²) < 4.78 is 0. The second kappa shape index (κ2) is 7.14. The third kappa shape index (κ3) is 4.69. The number of amides is 2. The van der Waals surface area contributed by atoms with Crippen molar-refractivity contribution >= 4 is 23.6 Å². The quantitative estimate of drug-likeness (QED) is 0.778. The lowest BCUT2D eigenvalue weighted by molar-refractivity contribution is -0.133. The highest BCUT2D eigenvalue weighted by Crippen LogP contribution is 2.15. The molecule has 2 aliphatic rings. The maximum absolute atomic E-state index is 12.3. The molecule has 0 aromatic carbocycles. The van der Waals surface area contributed by atoms with Crippen LogP contribution in [0.15, 0.2) is 0 Å². The van der Waals surface area contributed by atoms with Gasteiger partial charge in [0, 0.05) is 56.6 Å². The Labute approximate surface area is 118 Å². The normalized spacial score (nSPS) is 27.9. The van der Waals surface area contributed by atoms with Crippen LogP contribution in [0.1, 0.15) is 26.2 Å². The van der Waals surface area contributed by atoms with Gasteiger partial charge in [0.15, 0.2) is 0 Å². The molecule has 2 amide bonds. The molecule has 5 nitrogen and oxygen atoms in total. The first-order valence-corrected chi connectivity index (χ1v) is 8.16. The van der Waals surface area contributed by atoms with Gasteiger partial charge in [-0.3, -0.25) is 9.59 Å². The molecular weight excluding hydrogens is 262 g/mol. The lowest BCUT2D eigenvalue weighted by Gasteiger charge is -2.34. The van der Waals surface area contributed by atoms with Crippen LogP contribution in [-0.4, -0.2) is 59.9 Å². The standard InChI is InChI=1S/C13H23N3O2S/c1-10(17)15-11-3-2-5-16(8-11)13(18)7-12-9-19-6-4-14-12/h11-12,14H,2-9H2,1H3,(H,15,17). The van der Waals surface area contributed by atoms with Gasteiger partial charge >= 0.3 is 0 Å². The van der Waals surface area contributed by atoms with Crippen LogP contribution in [0.4, 0.5) is 0 Å². The number of thioether (sulfide) groups is 1. The first-order valence-electron chi connectivity index (χ1n) is 7.01. The highest BCUT2D eigenvalue weighted by Gasteiger charge is 2.26. The first kappa shape index (κ1) is 14.7. The van der Waals surface area contributed by atoms with E-state index in [4.69, 9.17) is 0 Å². The maximum Gasteiger partial charge on any atom is 0.224 e. The molecule has 2 heterocycles. The minimum Gasteiger partial charge on any atom is -0.352 e. The maximum atomic E-state index is 12.3. The molecule has 2 aliphatic heterocycles. The number of carbonyl (C=O) groups is 2. The van der Waals surface area contributed by atoms with Crippen LogP contribution in [0.2, 0.25) is 0 Å². The lowest BCUT2D eigenvalue weighted by Crippen LogP contribution is -2.50. The molecule has 6 heteroatoms. The number of nitrogens with zero attached hydrogens (tertiary/aromatic N) is 1. The molecule has 0 aromatic heterocycles. The predicted octanol–water partition coefficient (Wildman–Crippen LogP) is 0.209. The number of carbonyl (C=O) groups excluding carboxylic acids is 2. The van der Waals surface area contributed by atoms with Crippen LogP contribution in [0, 0.1) is 0 Å². The van der Waals surface area contributed by atoms with E-state index in [0.29, 0.717) is 19.0 Å². The van der Waals surface area contributed by atoms with Gasteiger partial charge in [0.2, 0.25) is 11.8 Å². The minimum absolute atomic E-state index is 0.00959. The molecule has 2 unspecified atom stereocenters. The Hall–Kier alpha value is -0.750. The molecule has 0 spiro atoms. The Balaban J connectivity index is 1.79. The van der Waals surface area contributed by atoms with Crippen LogP contribution in [0.3, 0.4) is 0 Å². The average molecular weight is 285 g/mol. The van der Waals surface area contributed by atoms with Crippen LogP contribution in [0.25, 0.3) is 0 Å². The Morgan fingerprint density at radius 1 is 1.47 bits per heavy atom. The van der Waals surface area contributed by atoms with Crippen molar-refractivity contribution in [1.29, 1.82) is 0 Å². The van der Waals surface area contributed by atoms with Gasteiger partial charge in [0.05, 0.1) is 0 Å². The van der Waals surface area contributed by atoms with Gasteiger partial charge in [-0.15, -0.1) is 0 Å². The summed E-state index contributed by atoms with van der Waals surface area (Å²) in [6.45, 7) is 4.02. The molecule has 0 aromatic rings. The molecule has 0 saturated carbocycles. The number of likely N-dealkylation sites (tertiary alicyclic amines) is 1. The van der Waals surface area contributed by atoms with Gasteiger partial charge in [0.25, 0.3) is 0 Å². The Kier molecular flexibility index (Phi) is 5.51. The van der Waals surface area contributed by atoms with Crippen molar-refractivity contribution in [2.75, 3.05) is 31.1 Å². The van der Waals surface area contributed by atoms with Gasteiger partial charge in [0.1, 0.15) is 0 Å². The molecule has 2 atom stereocenters. The average Bonchev–Trinajstić information content (AvgIpc) is 2.39. The van der Waals surface area contributed by atoms with Gasteiger partial charge in [-0.1, -0.05) is 0 Å². The van der Waals surface area contributed by atoms with Gasteiger partial charge < -0.3 is 15.5 Å². The zero-order chi connectivity index (χ0) is 13.7. The minimum atomic E-state index is -0.00959. The molecule has 0 bridgehead atoms. The summed E-state index contributed by atoms with van der Waals surface area (Å²) in [4.78, 5) is 25.2. The monoisotopic (exact) mass is 285 g/mol. The van der Waals surface area contributed by atoms with Gasteiger partial charge in [-0.05, 0) is 12.8 Å². The van der Waals surface area contributed by atoms with Gasteiger partial charge in [-0.25, -0.2) is 0 Å². The highest BCUT2D eigenvalue weighted by atomic mass is 32.2. The summed E-state index contributed by atoms with van der Waals surface area (Å²) in [5.41, 5.74) is 0. The third-order valence-electron chi connectivity index (χ3n) is 3.60. The molecule has 19 heavy (non-hydrogen) atoms. The van der Waals surface area contributed by atoms with Crippen molar-refractivity contribution in [2.24, 2.45) is 0 Å². The van der Waals surface area contributed by atoms with E-state index in [9.17, 15) is 9.59 Å². The van der Waals surface area contributed by atoms with E-state index in [1.54, 1.807) is 0 Å². The summed E-state index contributed by atoms with van der Waals surface area (Å²) in [6, 6.07) is 0.441. The van der Waals surface area contributed by atoms with E-state index in [1.807, 2.05) is 16.7 Å². The van der Waals surface area contributed by atoms with Crippen LogP contribution >= 0.6 is 11.8 Å². The molecule has 108 valence electrons. The summed E-state index contributed by atoms with van der Waals surface area (Å²) in [5.74, 6) is 2.37. The SMILES string of the molecule is CC(=O)NC1CCCN(C(=O)CC2CSCCN2)C1. The number of piperidine rings is 1. The van der Waals surface area contributed by atoms with Crippen molar-refractivity contribution < 1.29 is 9.59 Å². The number of nitrogens with one attached hydrogen (secondary N) is 2. The summed E-state index contributed by atoms with van der Waals surface area (Å²) in [5, 5.41) is 6.31. The topological polar surface area (TPSA) is 61.4 Å². The number of rotatable bonds is 3. The predicted molar refractivity (Wildman–Crippen MR) is 77.2 cm³/mol. The molecule has 2 saturated heterocycles. The fourth-order valence-electron chi connectivity index (χ4n) is 2.70. The van der Waals surface area contributed by atoms with Crippen LogP contribution in [-0.2, 0) is 9.59 Å². The van der Waals surface area contributed by atoms with E-state index in [1.165, 1.54) is 6.92 Å². The summed E-state index contributed by atoms with van der Waals surface area (Å²) in [6.07, 6.45) is 2.53. The highest BCUT2D eigenvalue weighted by molar-refractivity contribution is 7.99. The van der Waals surface area contributed by atoms with Crippen molar-refractivity contribution in [3.63, 3.8) is 0 Å². The smallest absolute Gasteiger partial charge is 0.224 e. The van der Waals surface area contributed by atoms with E-state index in [-0.39, 0.29) is 17.9 Å². The van der Waals surface area contributed by atoms with E-state index >= 15 is 0 Å². The van der Waals surface area contributed by atoms with Crippen molar-refractivity contribution in [1.82, 2.24) is 15.5 Å². The zero-order valence-electron chi connectivity index (χ0n) is 11.5. The largest absolute Gasteiger partial charge is 0.352 e. The lowest BCUT2D eigenvalue weighted by atomic mass is 10.0. The molecule has 2 rings (SSSR count). The molecule has 2 N–H and O–H groups in total. The third-order valence-corrected chi connectivity index (χ3v) is 4.73. The van der Waals surface area contributed by atoms with Gasteiger partial charge in [-0.2, -0.15) is 11.8 Å². The Morgan fingerprint density at radius 2 is 2.32 bits per heavy atom. The summed E-state index contributed by atoms with van der Waals surface area (Å²) in [7, 11) is 0. The molecule has 2 fully saturated rings. The molecular formula is C13H23N3O2S. The molecule has 0 aliphatic carbocycles. The first-order chi connectivity index (χ1) is 9.15. The number of hydrogen-bond acceptors (Lipinski definition) is 4. The van der Waals surface area contributed by atoms with Crippen LogP contribution < -0.4 is 10.6 Å². The van der Waals surface area contributed by atoms with Crippen molar-refractivity contribution in [2.45, 2.75) is 38.3 Å². The second-order valence-corrected chi connectivity index (χ2v) is 6.46. The number of hydrogen-bond donors (Lipinski definition) is 2. The fraction of sp³-hybridized carbons (Fsp3) is 0.846. The Morgan fingerprint density at radius 3 is 3.00 bits per heavy atom. The van der Waals surface area contributed by atoms with E-state index < -0.39 is 0 Å². The van der Waals surface area contributed by atoms with Crippen LogP contribution in [0.5, 0.6) is 0 Å². The van der Waals surface area contributed by atoms with E-state index in [2.05, 4.69) is 10.6 Å². The molecule has 0 radical (unpaired) electrons. The van der Waals surface area contributed by atoms with E-state index in [0.717, 1.165) is 37.4 Å². The van der Waals surface area contributed by atoms with Crippen molar-refractivity contribution in [3.8, 4) is 0 Å². The Bertz CT molecular complexity index is 332. The zero-order valence-corrected chi connectivity index (χ0v) is 12.3.